The molecule has 3 rings (SSSR count). The fraction of sp³-hybridized carbons (Fsp3) is 0.471. The van der Waals surface area contributed by atoms with Crippen molar-refractivity contribution in [2.45, 2.75) is 44.7 Å². The maximum Gasteiger partial charge on any atom is 0.166 e. The number of ketones is 1. The van der Waals surface area contributed by atoms with Crippen molar-refractivity contribution in [2.24, 2.45) is 5.92 Å². The molecule has 0 spiro atoms. The van der Waals surface area contributed by atoms with Crippen molar-refractivity contribution < 1.29 is 4.79 Å². The second-order valence-electron chi connectivity index (χ2n) is 6.03. The Labute approximate surface area is 114 Å². The Morgan fingerprint density at radius 1 is 1.11 bits per heavy atom. The lowest BCUT2D eigenvalue weighted by atomic mass is 9.85. The lowest BCUT2D eigenvalue weighted by Gasteiger charge is -2.28. The highest BCUT2D eigenvalue weighted by molar-refractivity contribution is 5.98. The Bertz CT molecular complexity index is 490. The van der Waals surface area contributed by atoms with Crippen LogP contribution in [-0.2, 0) is 0 Å². The molecule has 0 amide bonds. The highest BCUT2D eigenvalue weighted by atomic mass is 16.1. The summed E-state index contributed by atoms with van der Waals surface area (Å²) in [5, 5.41) is 3.59. The summed E-state index contributed by atoms with van der Waals surface area (Å²) < 4.78 is 0. The van der Waals surface area contributed by atoms with Gasteiger partial charge in [0.15, 0.2) is 5.78 Å². The first kappa shape index (κ1) is 12.6. The van der Waals surface area contributed by atoms with Crippen molar-refractivity contribution in [3.05, 3.63) is 42.0 Å². The number of carbonyl (C=O) groups excluding carboxylic acids is 1. The average molecular weight is 255 g/mol. The maximum atomic E-state index is 12.5. The van der Waals surface area contributed by atoms with E-state index < -0.39 is 0 Å². The molecule has 2 aliphatic rings. The van der Waals surface area contributed by atoms with E-state index in [0.717, 1.165) is 29.5 Å². The van der Waals surface area contributed by atoms with Crippen molar-refractivity contribution in [3.63, 3.8) is 0 Å². The molecule has 2 bridgehead atoms. The minimum absolute atomic E-state index is 0.217. The van der Waals surface area contributed by atoms with Crippen LogP contribution >= 0.6 is 0 Å². The predicted molar refractivity (Wildman–Crippen MR) is 78.2 cm³/mol. The van der Waals surface area contributed by atoms with Gasteiger partial charge in [0.05, 0.1) is 0 Å². The standard InChI is InChI=1S/C17H21NO/c1-11(2)12-3-5-13(6-4-12)17(19)14-9-15-7-8-16(10-14)18-15/h3-6,14-16,18H,1,7-10H2,2H3. The second-order valence-corrected chi connectivity index (χ2v) is 6.03. The van der Waals surface area contributed by atoms with Crippen molar-refractivity contribution >= 4 is 11.4 Å². The Morgan fingerprint density at radius 3 is 2.16 bits per heavy atom. The van der Waals surface area contributed by atoms with Crippen molar-refractivity contribution in [1.29, 1.82) is 0 Å². The van der Waals surface area contributed by atoms with E-state index in [1.165, 1.54) is 12.8 Å². The Balaban J connectivity index is 1.74. The first-order valence-electron chi connectivity index (χ1n) is 7.19. The highest BCUT2D eigenvalue weighted by Gasteiger charge is 2.36. The van der Waals surface area contributed by atoms with Gasteiger partial charge in [0, 0.05) is 23.6 Å². The van der Waals surface area contributed by atoms with Gasteiger partial charge in [-0.3, -0.25) is 4.79 Å². The number of piperidine rings is 1. The van der Waals surface area contributed by atoms with Gasteiger partial charge < -0.3 is 5.32 Å². The number of fused-ring (bicyclic) bond motifs is 2. The maximum absolute atomic E-state index is 12.5. The molecule has 2 atom stereocenters. The summed E-state index contributed by atoms with van der Waals surface area (Å²) in [6.07, 6.45) is 4.50. The van der Waals surface area contributed by atoms with E-state index in [1.807, 2.05) is 31.2 Å². The largest absolute Gasteiger partial charge is 0.311 e. The SMILES string of the molecule is C=C(C)c1ccc(C(=O)C2CC3CCC(C2)N3)cc1. The molecule has 2 unspecified atom stereocenters. The first-order valence-corrected chi connectivity index (χ1v) is 7.19. The number of hydrogen-bond donors (Lipinski definition) is 1. The van der Waals surface area contributed by atoms with Crippen LogP contribution in [0.1, 0.15) is 48.5 Å². The zero-order valence-corrected chi connectivity index (χ0v) is 11.5. The summed E-state index contributed by atoms with van der Waals surface area (Å²) >= 11 is 0. The van der Waals surface area contributed by atoms with Gasteiger partial charge in [-0.2, -0.15) is 0 Å². The zero-order valence-electron chi connectivity index (χ0n) is 11.5. The number of Topliss-reactive ketones (excluding diaryl/α,β-unsaturated/α-hetero) is 1. The van der Waals surface area contributed by atoms with Crippen molar-refractivity contribution in [1.82, 2.24) is 5.32 Å². The van der Waals surface area contributed by atoms with Gasteiger partial charge in [-0.25, -0.2) is 0 Å². The molecule has 0 aromatic heterocycles. The van der Waals surface area contributed by atoms with Crippen molar-refractivity contribution in [3.8, 4) is 0 Å². The molecule has 1 N–H and O–H groups in total. The van der Waals surface area contributed by atoms with Crippen LogP contribution in [-0.4, -0.2) is 17.9 Å². The van der Waals surface area contributed by atoms with E-state index >= 15 is 0 Å². The Kier molecular flexibility index (Phi) is 3.28. The van der Waals surface area contributed by atoms with Gasteiger partial charge in [0.25, 0.3) is 0 Å². The van der Waals surface area contributed by atoms with E-state index in [9.17, 15) is 4.79 Å². The van der Waals surface area contributed by atoms with Crippen LogP contribution in [0.5, 0.6) is 0 Å². The molecular weight excluding hydrogens is 234 g/mol. The third-order valence-corrected chi connectivity index (χ3v) is 4.51. The normalized spacial score (nSPS) is 29.2. The van der Waals surface area contributed by atoms with Crippen LogP contribution in [0.2, 0.25) is 0 Å². The number of hydrogen-bond acceptors (Lipinski definition) is 2. The molecule has 2 aliphatic heterocycles. The summed E-state index contributed by atoms with van der Waals surface area (Å²) in [5.41, 5.74) is 3.01. The quantitative estimate of drug-likeness (QED) is 0.838. The van der Waals surface area contributed by atoms with Gasteiger partial charge in [0.1, 0.15) is 0 Å². The molecule has 2 heteroatoms. The van der Waals surface area contributed by atoms with Gasteiger partial charge in [0.2, 0.25) is 0 Å². The summed E-state index contributed by atoms with van der Waals surface area (Å²) in [7, 11) is 0. The first-order chi connectivity index (χ1) is 9.13. The fourth-order valence-electron chi connectivity index (χ4n) is 3.43. The van der Waals surface area contributed by atoms with Crippen LogP contribution in [0, 0.1) is 5.92 Å². The smallest absolute Gasteiger partial charge is 0.166 e. The molecule has 0 aliphatic carbocycles. The van der Waals surface area contributed by atoms with Crippen LogP contribution < -0.4 is 5.32 Å². The monoisotopic (exact) mass is 255 g/mol. The predicted octanol–water partition coefficient (Wildman–Crippen LogP) is 3.43. The van der Waals surface area contributed by atoms with Gasteiger partial charge >= 0.3 is 0 Å². The van der Waals surface area contributed by atoms with E-state index in [4.69, 9.17) is 0 Å². The molecule has 19 heavy (non-hydrogen) atoms. The fourth-order valence-corrected chi connectivity index (χ4v) is 3.43. The molecule has 1 aromatic carbocycles. The minimum Gasteiger partial charge on any atom is -0.311 e. The molecule has 100 valence electrons. The summed E-state index contributed by atoms with van der Waals surface area (Å²) in [4.78, 5) is 12.5. The van der Waals surface area contributed by atoms with Crippen LogP contribution in [0.3, 0.4) is 0 Å². The number of allylic oxidation sites excluding steroid dienone is 1. The molecule has 0 radical (unpaired) electrons. The van der Waals surface area contributed by atoms with E-state index in [0.29, 0.717) is 17.9 Å². The summed E-state index contributed by atoms with van der Waals surface area (Å²) in [5.74, 6) is 0.543. The third-order valence-electron chi connectivity index (χ3n) is 4.51. The third kappa shape index (κ3) is 2.50. The molecule has 2 nitrogen and oxygen atoms in total. The molecule has 2 fully saturated rings. The van der Waals surface area contributed by atoms with Crippen LogP contribution in [0.4, 0.5) is 0 Å². The van der Waals surface area contributed by atoms with Gasteiger partial charge in [-0.05, 0) is 38.2 Å². The molecule has 2 saturated heterocycles. The number of carbonyl (C=O) groups is 1. The van der Waals surface area contributed by atoms with E-state index in [-0.39, 0.29) is 5.92 Å². The molecule has 0 saturated carbocycles. The molecular formula is C17H21NO. The zero-order chi connectivity index (χ0) is 13.4. The lowest BCUT2D eigenvalue weighted by Crippen LogP contribution is -2.40. The summed E-state index contributed by atoms with van der Waals surface area (Å²) in [6, 6.07) is 9.06. The number of rotatable bonds is 3. The Morgan fingerprint density at radius 2 is 1.63 bits per heavy atom. The average Bonchev–Trinajstić information content (AvgIpc) is 2.76. The van der Waals surface area contributed by atoms with Crippen molar-refractivity contribution in [2.75, 3.05) is 0 Å². The number of benzene rings is 1. The van der Waals surface area contributed by atoms with E-state index in [1.54, 1.807) is 0 Å². The van der Waals surface area contributed by atoms with Crippen LogP contribution in [0.25, 0.3) is 5.57 Å². The molecule has 1 aromatic rings. The van der Waals surface area contributed by atoms with Gasteiger partial charge in [-0.15, -0.1) is 0 Å². The summed E-state index contributed by atoms with van der Waals surface area (Å²) in [6.45, 7) is 5.91. The lowest BCUT2D eigenvalue weighted by molar-refractivity contribution is 0.0875. The second kappa shape index (κ2) is 4.93. The topological polar surface area (TPSA) is 29.1 Å². The van der Waals surface area contributed by atoms with Crippen LogP contribution in [0.15, 0.2) is 30.8 Å². The Hall–Kier alpha value is -1.41. The van der Waals surface area contributed by atoms with E-state index in [2.05, 4.69) is 11.9 Å². The molecule has 2 heterocycles. The highest BCUT2D eigenvalue weighted by Crippen LogP contribution is 2.32. The number of nitrogens with one attached hydrogen (secondary N) is 1. The van der Waals surface area contributed by atoms with Gasteiger partial charge in [-0.1, -0.05) is 36.4 Å². The minimum atomic E-state index is 0.217.